The number of fused-ring (bicyclic) bond motifs is 1. The zero-order chi connectivity index (χ0) is 14.3. The van der Waals surface area contributed by atoms with Gasteiger partial charge in [-0.25, -0.2) is 9.97 Å². The maximum Gasteiger partial charge on any atom is 0.171 e. The highest BCUT2D eigenvalue weighted by atomic mass is 35.5. The topological polar surface area (TPSA) is 25.8 Å². The summed E-state index contributed by atoms with van der Waals surface area (Å²) in [6, 6.07) is 7.46. The number of hydrogen-bond donors (Lipinski definition) is 0. The summed E-state index contributed by atoms with van der Waals surface area (Å²) in [4.78, 5) is 11.1. The largest absolute Gasteiger partial charge is 0.226 e. The van der Waals surface area contributed by atoms with Gasteiger partial charge in [0.1, 0.15) is 5.15 Å². The minimum Gasteiger partial charge on any atom is -0.226 e. The van der Waals surface area contributed by atoms with Gasteiger partial charge in [-0.1, -0.05) is 41.7 Å². The van der Waals surface area contributed by atoms with Crippen molar-refractivity contribution in [2.24, 2.45) is 0 Å². The van der Waals surface area contributed by atoms with Gasteiger partial charge in [0.2, 0.25) is 0 Å². The normalized spacial score (nSPS) is 11.2. The lowest BCUT2D eigenvalue weighted by Crippen LogP contribution is -1.91. The van der Waals surface area contributed by atoms with Crippen LogP contribution >= 0.6 is 46.1 Å². The molecule has 20 heavy (non-hydrogen) atoms. The fourth-order valence-electron chi connectivity index (χ4n) is 1.92. The van der Waals surface area contributed by atoms with Gasteiger partial charge in [0.15, 0.2) is 5.82 Å². The number of benzene rings is 1. The van der Waals surface area contributed by atoms with Gasteiger partial charge in [0, 0.05) is 15.3 Å². The summed E-state index contributed by atoms with van der Waals surface area (Å²) >= 11 is 20.1. The Hall–Kier alpha value is -0.870. The number of hydrogen-bond acceptors (Lipinski definition) is 3. The first-order chi connectivity index (χ1) is 9.58. The van der Waals surface area contributed by atoms with Gasteiger partial charge in [-0.05, 0) is 30.7 Å². The van der Waals surface area contributed by atoms with E-state index in [0.717, 1.165) is 11.3 Å². The third-order valence-corrected chi connectivity index (χ3v) is 4.92. The molecule has 2 aromatic heterocycles. The van der Waals surface area contributed by atoms with Crippen LogP contribution in [0, 0.1) is 0 Å². The summed E-state index contributed by atoms with van der Waals surface area (Å²) in [5.74, 6) is 0.594. The maximum absolute atomic E-state index is 6.23. The molecule has 2 heterocycles. The van der Waals surface area contributed by atoms with E-state index in [1.807, 2.05) is 6.07 Å². The Morgan fingerprint density at radius 1 is 1.10 bits per heavy atom. The Balaban J connectivity index is 2.23. The molecular weight excluding hydrogens is 335 g/mol. The molecule has 0 aliphatic rings. The second-order valence-corrected chi connectivity index (χ2v) is 6.61. The number of rotatable bonds is 2. The van der Waals surface area contributed by atoms with Crippen molar-refractivity contribution < 1.29 is 0 Å². The van der Waals surface area contributed by atoms with E-state index in [1.165, 1.54) is 4.88 Å². The molecule has 0 radical (unpaired) electrons. The molecule has 6 heteroatoms. The van der Waals surface area contributed by atoms with E-state index in [4.69, 9.17) is 34.8 Å². The number of thiophene rings is 1. The molecule has 0 amide bonds. The molecule has 0 unspecified atom stereocenters. The molecule has 0 saturated heterocycles. The quantitative estimate of drug-likeness (QED) is 0.543. The standard InChI is InChI=1S/C14H9Cl3N2S/c1-2-8-3-4-11(20-8)14-18-12-9(13(17)19-14)5-7(15)6-10(12)16/h3-6H,2H2,1H3. The Morgan fingerprint density at radius 2 is 1.90 bits per heavy atom. The number of nitrogens with zero attached hydrogens (tertiary/aromatic N) is 2. The summed E-state index contributed by atoms with van der Waals surface area (Å²) in [5, 5.41) is 2.02. The first kappa shape index (κ1) is 14.1. The van der Waals surface area contributed by atoms with Gasteiger partial charge >= 0.3 is 0 Å². The van der Waals surface area contributed by atoms with Gasteiger partial charge < -0.3 is 0 Å². The van der Waals surface area contributed by atoms with Crippen LogP contribution in [0.25, 0.3) is 21.6 Å². The smallest absolute Gasteiger partial charge is 0.171 e. The first-order valence-electron chi connectivity index (χ1n) is 6.00. The van der Waals surface area contributed by atoms with Gasteiger partial charge in [-0.15, -0.1) is 11.3 Å². The van der Waals surface area contributed by atoms with Crippen molar-refractivity contribution in [3.05, 3.63) is 44.3 Å². The molecule has 0 aliphatic carbocycles. The molecule has 3 rings (SSSR count). The highest BCUT2D eigenvalue weighted by Gasteiger charge is 2.13. The Bertz CT molecular complexity index is 798. The highest BCUT2D eigenvalue weighted by Crippen LogP contribution is 2.34. The molecule has 0 bridgehead atoms. The third kappa shape index (κ3) is 2.51. The highest BCUT2D eigenvalue weighted by molar-refractivity contribution is 7.15. The van der Waals surface area contributed by atoms with Crippen molar-refractivity contribution in [3.63, 3.8) is 0 Å². The zero-order valence-electron chi connectivity index (χ0n) is 10.5. The molecule has 0 fully saturated rings. The predicted molar refractivity (Wildman–Crippen MR) is 87.3 cm³/mol. The summed E-state index contributed by atoms with van der Waals surface area (Å²) in [7, 11) is 0. The van der Waals surface area contributed by atoms with E-state index in [9.17, 15) is 0 Å². The van der Waals surface area contributed by atoms with Crippen LogP contribution < -0.4 is 0 Å². The zero-order valence-corrected chi connectivity index (χ0v) is 13.5. The Kier molecular flexibility index (Phi) is 3.87. The van der Waals surface area contributed by atoms with Crippen molar-refractivity contribution in [2.75, 3.05) is 0 Å². The van der Waals surface area contributed by atoms with Crippen molar-refractivity contribution >= 4 is 57.0 Å². The minimum absolute atomic E-state index is 0.362. The van der Waals surface area contributed by atoms with Crippen LogP contribution in [-0.4, -0.2) is 9.97 Å². The van der Waals surface area contributed by atoms with Crippen LogP contribution in [0.3, 0.4) is 0 Å². The van der Waals surface area contributed by atoms with Crippen molar-refractivity contribution in [1.29, 1.82) is 0 Å². The molecule has 0 atom stereocenters. The fourth-order valence-corrected chi connectivity index (χ4v) is 3.56. The molecule has 0 spiro atoms. The van der Waals surface area contributed by atoms with Crippen molar-refractivity contribution in [1.82, 2.24) is 9.97 Å². The number of aromatic nitrogens is 2. The summed E-state index contributed by atoms with van der Waals surface area (Å²) in [6.07, 6.45) is 0.988. The van der Waals surface area contributed by atoms with E-state index in [2.05, 4.69) is 23.0 Å². The van der Waals surface area contributed by atoms with Crippen molar-refractivity contribution in [3.8, 4) is 10.7 Å². The Labute approximate surface area is 135 Å². The Morgan fingerprint density at radius 3 is 2.60 bits per heavy atom. The van der Waals surface area contributed by atoms with E-state index in [0.29, 0.717) is 31.9 Å². The average molecular weight is 344 g/mol. The lowest BCUT2D eigenvalue weighted by atomic mass is 10.2. The van der Waals surface area contributed by atoms with Gasteiger partial charge in [0.25, 0.3) is 0 Å². The van der Waals surface area contributed by atoms with E-state index in [1.54, 1.807) is 23.5 Å². The van der Waals surface area contributed by atoms with Crippen molar-refractivity contribution in [2.45, 2.75) is 13.3 Å². The first-order valence-corrected chi connectivity index (χ1v) is 7.95. The van der Waals surface area contributed by atoms with Gasteiger partial charge in [-0.2, -0.15) is 0 Å². The molecule has 1 aromatic carbocycles. The van der Waals surface area contributed by atoms with Crippen LogP contribution in [0.1, 0.15) is 11.8 Å². The van der Waals surface area contributed by atoms with Crippen LogP contribution in [0.5, 0.6) is 0 Å². The summed E-state index contributed by atoms with van der Waals surface area (Å²) < 4.78 is 0. The predicted octanol–water partition coefficient (Wildman–Crippen LogP) is 5.88. The van der Waals surface area contributed by atoms with Gasteiger partial charge in [0.05, 0.1) is 15.4 Å². The molecular formula is C14H9Cl3N2S. The maximum atomic E-state index is 6.23. The molecule has 3 aromatic rings. The second-order valence-electron chi connectivity index (χ2n) is 4.24. The monoisotopic (exact) mass is 342 g/mol. The SMILES string of the molecule is CCc1ccc(-c2nc(Cl)c3cc(Cl)cc(Cl)c3n2)s1. The van der Waals surface area contributed by atoms with Crippen LogP contribution in [-0.2, 0) is 6.42 Å². The lowest BCUT2D eigenvalue weighted by Gasteiger charge is -2.05. The molecule has 0 N–H and O–H groups in total. The van der Waals surface area contributed by atoms with E-state index < -0.39 is 0 Å². The van der Waals surface area contributed by atoms with Gasteiger partial charge in [-0.3, -0.25) is 0 Å². The minimum atomic E-state index is 0.362. The molecule has 2 nitrogen and oxygen atoms in total. The molecule has 0 aliphatic heterocycles. The van der Waals surface area contributed by atoms with E-state index in [-0.39, 0.29) is 0 Å². The van der Waals surface area contributed by atoms with Crippen LogP contribution in [0.15, 0.2) is 24.3 Å². The summed E-state index contributed by atoms with van der Waals surface area (Å²) in [6.45, 7) is 2.11. The van der Waals surface area contributed by atoms with E-state index >= 15 is 0 Å². The molecule has 0 saturated carbocycles. The average Bonchev–Trinajstić information content (AvgIpc) is 2.88. The van der Waals surface area contributed by atoms with Crippen LogP contribution in [0.2, 0.25) is 15.2 Å². The lowest BCUT2D eigenvalue weighted by molar-refractivity contribution is 1.19. The summed E-state index contributed by atoms with van der Waals surface area (Å²) in [5.41, 5.74) is 0.623. The molecule has 102 valence electrons. The number of halogens is 3. The number of aryl methyl sites for hydroxylation is 1. The third-order valence-electron chi connectivity index (χ3n) is 2.90. The fraction of sp³-hybridized carbons (Fsp3) is 0.143. The second kappa shape index (κ2) is 5.49. The van der Waals surface area contributed by atoms with Crippen LogP contribution in [0.4, 0.5) is 0 Å².